The van der Waals surface area contributed by atoms with Crippen LogP contribution in [0.4, 0.5) is 0 Å². The van der Waals surface area contributed by atoms with Crippen molar-refractivity contribution in [1.29, 1.82) is 0 Å². The van der Waals surface area contributed by atoms with Gasteiger partial charge in [-0.25, -0.2) is 0 Å². The maximum absolute atomic E-state index is 12.3. The van der Waals surface area contributed by atoms with Crippen LogP contribution in [0.25, 0.3) is 0 Å². The minimum atomic E-state index is 0.159. The van der Waals surface area contributed by atoms with E-state index >= 15 is 0 Å². The van der Waals surface area contributed by atoms with Gasteiger partial charge in [0.15, 0.2) is 0 Å². The maximum atomic E-state index is 12.3. The molecule has 1 amide bonds. The van der Waals surface area contributed by atoms with Crippen molar-refractivity contribution in [2.24, 2.45) is 11.8 Å². The van der Waals surface area contributed by atoms with Crippen LogP contribution in [0.15, 0.2) is 30.3 Å². The van der Waals surface area contributed by atoms with Crippen LogP contribution in [0.2, 0.25) is 0 Å². The molecule has 1 aliphatic carbocycles. The fourth-order valence-electron chi connectivity index (χ4n) is 3.58. The Morgan fingerprint density at radius 2 is 1.81 bits per heavy atom. The van der Waals surface area contributed by atoms with E-state index in [-0.39, 0.29) is 6.10 Å². The van der Waals surface area contributed by atoms with Crippen LogP contribution in [0.5, 0.6) is 0 Å². The number of carbonyl (C=O) groups is 1. The summed E-state index contributed by atoms with van der Waals surface area (Å²) in [5.41, 5.74) is 1.25. The van der Waals surface area contributed by atoms with Gasteiger partial charge in [-0.3, -0.25) is 4.79 Å². The lowest BCUT2D eigenvalue weighted by Crippen LogP contribution is -2.44. The van der Waals surface area contributed by atoms with Gasteiger partial charge in [0.2, 0.25) is 5.91 Å². The summed E-state index contributed by atoms with van der Waals surface area (Å²) in [5, 5.41) is 0. The van der Waals surface area contributed by atoms with Crippen LogP contribution in [0, 0.1) is 11.8 Å². The summed E-state index contributed by atoms with van der Waals surface area (Å²) in [4.78, 5) is 14.4. The number of piperidine rings is 1. The summed E-state index contributed by atoms with van der Waals surface area (Å²) in [6.45, 7) is 1.79. The molecule has 1 aliphatic heterocycles. The van der Waals surface area contributed by atoms with E-state index in [9.17, 15) is 4.79 Å². The smallest absolute Gasteiger partial charge is 0.225 e. The number of amides is 1. The highest BCUT2D eigenvalue weighted by Crippen LogP contribution is 2.35. The van der Waals surface area contributed by atoms with Crippen molar-refractivity contribution in [3.8, 4) is 0 Å². The summed E-state index contributed by atoms with van der Waals surface area (Å²) < 4.78 is 5.75. The Balaban J connectivity index is 1.58. The number of hydrogen-bond donors (Lipinski definition) is 0. The Bertz CT molecular complexity index is 461. The van der Waals surface area contributed by atoms with Crippen molar-refractivity contribution in [2.45, 2.75) is 38.2 Å². The van der Waals surface area contributed by atoms with E-state index in [0.717, 1.165) is 38.8 Å². The standard InChI is InChI=1S/C18H25NO2/c1-21-17(14-6-3-2-4-7-14)15-10-12-19(13-11-15)18(20)16-8-5-9-16/h2-4,6-7,15-17H,5,8-13H2,1H3. The second kappa shape index (κ2) is 6.61. The molecule has 0 radical (unpaired) electrons. The van der Waals surface area contributed by atoms with Gasteiger partial charge in [0.25, 0.3) is 0 Å². The molecule has 1 aromatic carbocycles. The zero-order valence-electron chi connectivity index (χ0n) is 12.8. The first kappa shape index (κ1) is 14.6. The number of benzene rings is 1. The number of hydrogen-bond acceptors (Lipinski definition) is 2. The zero-order chi connectivity index (χ0) is 14.7. The van der Waals surface area contributed by atoms with E-state index in [2.05, 4.69) is 29.2 Å². The van der Waals surface area contributed by atoms with Crippen LogP contribution in [-0.2, 0) is 9.53 Å². The van der Waals surface area contributed by atoms with Crippen LogP contribution in [-0.4, -0.2) is 31.0 Å². The first-order chi connectivity index (χ1) is 10.3. The largest absolute Gasteiger partial charge is 0.376 e. The number of likely N-dealkylation sites (tertiary alicyclic amines) is 1. The summed E-state index contributed by atoms with van der Waals surface area (Å²) >= 11 is 0. The zero-order valence-corrected chi connectivity index (χ0v) is 12.8. The lowest BCUT2D eigenvalue weighted by Gasteiger charge is -2.38. The first-order valence-corrected chi connectivity index (χ1v) is 8.16. The number of nitrogens with zero attached hydrogens (tertiary/aromatic N) is 1. The number of methoxy groups -OCH3 is 1. The third kappa shape index (κ3) is 3.13. The third-order valence-electron chi connectivity index (χ3n) is 5.12. The van der Waals surface area contributed by atoms with Gasteiger partial charge in [-0.15, -0.1) is 0 Å². The van der Waals surface area contributed by atoms with E-state index in [1.165, 1.54) is 12.0 Å². The molecule has 3 rings (SSSR count). The molecule has 0 N–H and O–H groups in total. The monoisotopic (exact) mass is 287 g/mol. The van der Waals surface area contributed by atoms with Gasteiger partial charge < -0.3 is 9.64 Å². The number of rotatable bonds is 4. The molecule has 1 atom stereocenters. The van der Waals surface area contributed by atoms with E-state index in [0.29, 0.717) is 17.7 Å². The lowest BCUT2D eigenvalue weighted by molar-refractivity contribution is -0.140. The molecule has 2 aliphatic rings. The average Bonchev–Trinajstić information content (AvgIpc) is 2.48. The van der Waals surface area contributed by atoms with Gasteiger partial charge in [0, 0.05) is 26.1 Å². The molecular formula is C18H25NO2. The predicted molar refractivity (Wildman–Crippen MR) is 82.8 cm³/mol. The third-order valence-corrected chi connectivity index (χ3v) is 5.12. The fraction of sp³-hybridized carbons (Fsp3) is 0.611. The Morgan fingerprint density at radius 1 is 1.14 bits per heavy atom. The van der Waals surface area contributed by atoms with Gasteiger partial charge in [0.1, 0.15) is 0 Å². The lowest BCUT2D eigenvalue weighted by atomic mass is 9.82. The van der Waals surface area contributed by atoms with Crippen LogP contribution in [0.3, 0.4) is 0 Å². The normalized spacial score (nSPS) is 21.9. The Hall–Kier alpha value is -1.35. The second-order valence-electron chi connectivity index (χ2n) is 6.36. The van der Waals surface area contributed by atoms with E-state index in [1.54, 1.807) is 7.11 Å². The molecule has 0 aromatic heterocycles. The Labute approximate surface area is 127 Å². The van der Waals surface area contributed by atoms with Crippen molar-refractivity contribution in [1.82, 2.24) is 4.90 Å². The van der Waals surface area contributed by atoms with Crippen molar-refractivity contribution in [3.63, 3.8) is 0 Å². The maximum Gasteiger partial charge on any atom is 0.225 e. The van der Waals surface area contributed by atoms with Gasteiger partial charge >= 0.3 is 0 Å². The minimum absolute atomic E-state index is 0.159. The van der Waals surface area contributed by atoms with Crippen LogP contribution >= 0.6 is 0 Å². The summed E-state index contributed by atoms with van der Waals surface area (Å²) in [5.74, 6) is 1.24. The highest BCUT2D eigenvalue weighted by atomic mass is 16.5. The molecule has 3 heteroatoms. The average molecular weight is 287 g/mol. The fourth-order valence-corrected chi connectivity index (χ4v) is 3.58. The topological polar surface area (TPSA) is 29.5 Å². The molecule has 3 nitrogen and oxygen atoms in total. The van der Waals surface area contributed by atoms with E-state index in [4.69, 9.17) is 4.74 Å². The number of ether oxygens (including phenoxy) is 1. The Morgan fingerprint density at radius 3 is 2.33 bits per heavy atom. The molecule has 1 heterocycles. The van der Waals surface area contributed by atoms with Gasteiger partial charge in [0.05, 0.1) is 6.10 Å². The van der Waals surface area contributed by atoms with Crippen molar-refractivity contribution >= 4 is 5.91 Å². The molecular weight excluding hydrogens is 262 g/mol. The summed E-state index contributed by atoms with van der Waals surface area (Å²) in [6, 6.07) is 10.4. The molecule has 1 saturated carbocycles. The first-order valence-electron chi connectivity index (χ1n) is 8.16. The molecule has 1 aromatic rings. The molecule has 114 valence electrons. The highest BCUT2D eigenvalue weighted by Gasteiger charge is 2.33. The van der Waals surface area contributed by atoms with Gasteiger partial charge in [-0.1, -0.05) is 36.8 Å². The van der Waals surface area contributed by atoms with E-state index < -0.39 is 0 Å². The SMILES string of the molecule is COC(c1ccccc1)C1CCN(C(=O)C2CCC2)CC1. The highest BCUT2D eigenvalue weighted by molar-refractivity contribution is 5.79. The van der Waals surface area contributed by atoms with Gasteiger partial charge in [-0.05, 0) is 37.2 Å². The van der Waals surface area contributed by atoms with Crippen molar-refractivity contribution < 1.29 is 9.53 Å². The molecule has 1 unspecified atom stereocenters. The minimum Gasteiger partial charge on any atom is -0.376 e. The summed E-state index contributed by atoms with van der Waals surface area (Å²) in [7, 11) is 1.80. The van der Waals surface area contributed by atoms with Crippen molar-refractivity contribution in [2.75, 3.05) is 20.2 Å². The van der Waals surface area contributed by atoms with Crippen LogP contribution in [0.1, 0.15) is 43.8 Å². The Kier molecular flexibility index (Phi) is 4.59. The predicted octanol–water partition coefficient (Wildman–Crippen LogP) is 3.41. The molecule has 0 bridgehead atoms. The van der Waals surface area contributed by atoms with Crippen LogP contribution < -0.4 is 0 Å². The molecule has 21 heavy (non-hydrogen) atoms. The molecule has 2 fully saturated rings. The molecule has 0 spiro atoms. The van der Waals surface area contributed by atoms with Crippen molar-refractivity contribution in [3.05, 3.63) is 35.9 Å². The van der Waals surface area contributed by atoms with E-state index in [1.807, 2.05) is 6.07 Å². The molecule has 1 saturated heterocycles. The quantitative estimate of drug-likeness (QED) is 0.849. The second-order valence-corrected chi connectivity index (χ2v) is 6.36. The summed E-state index contributed by atoms with van der Waals surface area (Å²) in [6.07, 6.45) is 5.68. The number of carbonyl (C=O) groups excluding carboxylic acids is 1. The van der Waals surface area contributed by atoms with Gasteiger partial charge in [-0.2, -0.15) is 0 Å².